The molecule has 0 fully saturated rings. The van der Waals surface area contributed by atoms with Crippen LogP contribution in [0.15, 0.2) is 43.0 Å². The summed E-state index contributed by atoms with van der Waals surface area (Å²) in [5, 5.41) is 3.37. The average molecular weight is 345 g/mol. The van der Waals surface area contributed by atoms with E-state index in [1.54, 1.807) is 12.4 Å². The van der Waals surface area contributed by atoms with Gasteiger partial charge >= 0.3 is 0 Å². The number of aromatic nitrogens is 5. The number of anilines is 1. The molecule has 3 aromatic heterocycles. The van der Waals surface area contributed by atoms with Crippen molar-refractivity contribution in [2.45, 2.75) is 27.3 Å². The third-order valence-electron chi connectivity index (χ3n) is 4.11. The van der Waals surface area contributed by atoms with Gasteiger partial charge in [-0.05, 0) is 38.0 Å². The van der Waals surface area contributed by atoms with Crippen LogP contribution < -0.4 is 5.32 Å². The summed E-state index contributed by atoms with van der Waals surface area (Å²) in [5.74, 6) is 1.14. The van der Waals surface area contributed by atoms with Crippen LogP contribution in [-0.4, -0.2) is 24.9 Å². The van der Waals surface area contributed by atoms with Crippen LogP contribution in [0.3, 0.4) is 0 Å². The van der Waals surface area contributed by atoms with E-state index in [1.165, 1.54) is 23.0 Å². The van der Waals surface area contributed by atoms with Crippen LogP contribution in [0, 0.1) is 20.8 Å². The lowest BCUT2D eigenvalue weighted by Gasteiger charge is -2.10. The predicted molar refractivity (Wildman–Crippen MR) is 103 cm³/mol. The molecule has 0 bridgehead atoms. The molecule has 0 radical (unpaired) electrons. The van der Waals surface area contributed by atoms with Crippen molar-refractivity contribution >= 4 is 17.0 Å². The maximum absolute atomic E-state index is 8.01. The van der Waals surface area contributed by atoms with Crippen molar-refractivity contribution in [1.82, 2.24) is 24.9 Å². The minimum absolute atomic E-state index is 0.462. The Morgan fingerprint density at radius 2 is 1.81 bits per heavy atom. The molecule has 0 unspecified atom stereocenters. The molecular weight excluding hydrogens is 324 g/mol. The third-order valence-corrected chi connectivity index (χ3v) is 4.11. The number of nitrogens with one attached hydrogen (secondary N) is 2. The Balaban J connectivity index is 1.74. The molecule has 0 atom stereocenters. The van der Waals surface area contributed by atoms with Crippen LogP contribution >= 0.6 is 0 Å². The normalized spacial score (nSPS) is 11.6. The molecule has 6 heteroatoms. The van der Waals surface area contributed by atoms with Crippen molar-refractivity contribution in [2.75, 3.05) is 5.32 Å². The minimum atomic E-state index is 0.462. The Morgan fingerprint density at radius 1 is 1.00 bits per heavy atom. The summed E-state index contributed by atoms with van der Waals surface area (Å²) < 4.78 is 8.01. The molecule has 130 valence electrons. The van der Waals surface area contributed by atoms with Crippen molar-refractivity contribution in [3.8, 4) is 11.4 Å². The summed E-state index contributed by atoms with van der Waals surface area (Å²) in [6.07, 6.45) is 4.95. The molecule has 4 aromatic rings. The fourth-order valence-electron chi connectivity index (χ4n) is 3.08. The van der Waals surface area contributed by atoms with E-state index in [0.717, 1.165) is 16.1 Å². The van der Waals surface area contributed by atoms with Gasteiger partial charge in [0.05, 0.1) is 6.33 Å². The highest BCUT2D eigenvalue weighted by Crippen LogP contribution is 2.23. The molecule has 0 spiro atoms. The molecule has 0 aliphatic heterocycles. The number of hydrogen-bond acceptors (Lipinski definition) is 5. The van der Waals surface area contributed by atoms with Gasteiger partial charge in [0.25, 0.3) is 0 Å². The van der Waals surface area contributed by atoms with Gasteiger partial charge in [-0.3, -0.25) is 4.98 Å². The Kier molecular flexibility index (Phi) is 3.78. The summed E-state index contributed by atoms with van der Waals surface area (Å²) in [6, 6.07) is 8.42. The Labute approximate surface area is 153 Å². The molecule has 26 heavy (non-hydrogen) atoms. The van der Waals surface area contributed by atoms with Crippen LogP contribution in [0.25, 0.3) is 22.6 Å². The van der Waals surface area contributed by atoms with Gasteiger partial charge in [-0.25, -0.2) is 15.0 Å². The van der Waals surface area contributed by atoms with Crippen LogP contribution in [0.2, 0.25) is 1.41 Å². The number of H-pyrrole nitrogens is 1. The van der Waals surface area contributed by atoms with Crippen LogP contribution in [0.4, 0.5) is 5.82 Å². The van der Waals surface area contributed by atoms with Gasteiger partial charge in [-0.15, -0.1) is 0 Å². The van der Waals surface area contributed by atoms with E-state index in [4.69, 9.17) is 1.41 Å². The lowest BCUT2D eigenvalue weighted by molar-refractivity contribution is 1.09. The van der Waals surface area contributed by atoms with Gasteiger partial charge in [0.2, 0.25) is 0 Å². The van der Waals surface area contributed by atoms with Crippen molar-refractivity contribution in [3.63, 3.8) is 0 Å². The fourth-order valence-corrected chi connectivity index (χ4v) is 3.08. The average Bonchev–Trinajstić information content (AvgIpc) is 3.00. The number of pyridine rings is 1. The van der Waals surface area contributed by atoms with Gasteiger partial charge in [0, 0.05) is 24.5 Å². The number of rotatable bonds is 4. The first-order valence-electron chi connectivity index (χ1n) is 8.92. The first-order chi connectivity index (χ1) is 13.0. The summed E-state index contributed by atoms with van der Waals surface area (Å²) in [6.45, 7) is 6.77. The zero-order valence-electron chi connectivity index (χ0n) is 16.0. The predicted octanol–water partition coefficient (Wildman–Crippen LogP) is 3.95. The zero-order chi connectivity index (χ0) is 19.0. The van der Waals surface area contributed by atoms with E-state index >= 15 is 0 Å². The quantitative estimate of drug-likeness (QED) is 0.585. The standard InChI is InChI=1S/C20H20N6/c1-12-4-13(2)6-15(5-12)9-22-19-17-20(24-11-23-17)26-18(25-19)16-7-14(3)8-21-10-16/h4-8,10-11H,9H2,1-3H3,(H2,22,23,24,25,26)/i/hD. The molecule has 1 aromatic carbocycles. The Hall–Kier alpha value is -3.28. The van der Waals surface area contributed by atoms with Gasteiger partial charge in [-0.2, -0.15) is 0 Å². The molecule has 0 aliphatic rings. The number of aromatic amines is 1. The van der Waals surface area contributed by atoms with E-state index in [2.05, 4.69) is 57.3 Å². The number of nitrogens with zero attached hydrogens (tertiary/aromatic N) is 4. The second-order valence-corrected chi connectivity index (χ2v) is 6.54. The molecule has 3 heterocycles. The SMILES string of the molecule is [2H]n1cnc2c(NCc3cc(C)cc(C)c3)nc(-c3cncc(C)c3)nc21. The van der Waals surface area contributed by atoms with Crippen molar-refractivity contribution < 1.29 is 1.41 Å². The van der Waals surface area contributed by atoms with Crippen LogP contribution in [-0.2, 0) is 6.54 Å². The summed E-state index contributed by atoms with van der Waals surface area (Å²) in [7, 11) is 0. The molecular formula is C20H20N6. The Morgan fingerprint density at radius 3 is 2.58 bits per heavy atom. The Bertz CT molecular complexity index is 1110. The molecule has 0 saturated carbocycles. The van der Waals surface area contributed by atoms with E-state index in [0.29, 0.717) is 29.4 Å². The lowest BCUT2D eigenvalue weighted by atomic mass is 10.1. The lowest BCUT2D eigenvalue weighted by Crippen LogP contribution is -2.05. The molecule has 2 N–H and O–H groups in total. The van der Waals surface area contributed by atoms with E-state index in [1.807, 2.05) is 13.0 Å². The second kappa shape index (κ2) is 6.55. The molecule has 0 saturated heterocycles. The highest BCUT2D eigenvalue weighted by atomic mass is 15.1. The number of fused-ring (bicyclic) bond motifs is 1. The van der Waals surface area contributed by atoms with Crippen molar-refractivity contribution in [3.05, 3.63) is 65.2 Å². The maximum Gasteiger partial charge on any atom is 0.169 e. The topological polar surface area (TPSA) is 79.4 Å². The summed E-state index contributed by atoms with van der Waals surface area (Å²) in [5.41, 5.74) is 6.50. The smallest absolute Gasteiger partial charge is 0.169 e. The monoisotopic (exact) mass is 345 g/mol. The van der Waals surface area contributed by atoms with Gasteiger partial charge in [0.1, 0.15) is 5.52 Å². The van der Waals surface area contributed by atoms with Gasteiger partial charge in [-0.1, -0.05) is 29.3 Å². The van der Waals surface area contributed by atoms with Gasteiger partial charge < -0.3 is 10.3 Å². The van der Waals surface area contributed by atoms with Crippen LogP contribution in [0.5, 0.6) is 0 Å². The van der Waals surface area contributed by atoms with E-state index < -0.39 is 0 Å². The molecule has 4 rings (SSSR count). The largest absolute Gasteiger partial charge is 0.364 e. The zero-order valence-corrected chi connectivity index (χ0v) is 15.0. The first kappa shape index (κ1) is 15.0. The molecule has 6 nitrogen and oxygen atoms in total. The van der Waals surface area contributed by atoms with E-state index in [9.17, 15) is 0 Å². The highest BCUT2D eigenvalue weighted by Gasteiger charge is 2.12. The molecule has 0 amide bonds. The third kappa shape index (κ3) is 3.26. The van der Waals surface area contributed by atoms with Gasteiger partial charge in [0.15, 0.2) is 18.7 Å². The van der Waals surface area contributed by atoms with E-state index in [-0.39, 0.29) is 0 Å². The number of imidazole rings is 1. The maximum atomic E-state index is 8.01. The first-order valence-corrected chi connectivity index (χ1v) is 8.47. The van der Waals surface area contributed by atoms with Crippen LogP contribution in [0.1, 0.15) is 22.3 Å². The number of hydrogen-bond donors (Lipinski definition) is 2. The summed E-state index contributed by atoms with van der Waals surface area (Å²) in [4.78, 5) is 18.8. The van der Waals surface area contributed by atoms with Crippen molar-refractivity contribution in [2.24, 2.45) is 0 Å². The fraction of sp³-hybridized carbons (Fsp3) is 0.200. The number of benzene rings is 1. The highest BCUT2D eigenvalue weighted by molar-refractivity contribution is 5.84. The second-order valence-electron chi connectivity index (χ2n) is 6.54. The molecule has 0 aliphatic carbocycles. The minimum Gasteiger partial charge on any atom is -0.364 e. The summed E-state index contributed by atoms with van der Waals surface area (Å²) >= 11 is 0. The number of aryl methyl sites for hydroxylation is 3. The van der Waals surface area contributed by atoms with Crippen molar-refractivity contribution in [1.29, 1.82) is 0 Å².